The van der Waals surface area contributed by atoms with Crippen molar-refractivity contribution in [2.75, 3.05) is 0 Å². The SMILES string of the molecule is O=C1/C(=C\c2cccs2)[C@H](c2ccccc2)c2cccc(F)c21. The minimum absolute atomic E-state index is 0.208. The van der Waals surface area contributed by atoms with Crippen LogP contribution in [0.5, 0.6) is 0 Å². The molecule has 112 valence electrons. The van der Waals surface area contributed by atoms with Gasteiger partial charge < -0.3 is 0 Å². The molecule has 0 unspecified atom stereocenters. The van der Waals surface area contributed by atoms with E-state index in [9.17, 15) is 9.18 Å². The number of ketones is 1. The van der Waals surface area contributed by atoms with Crippen LogP contribution in [0.25, 0.3) is 6.08 Å². The third-order valence-corrected chi connectivity index (χ3v) is 4.95. The van der Waals surface area contributed by atoms with E-state index in [4.69, 9.17) is 0 Å². The quantitative estimate of drug-likeness (QED) is 0.586. The van der Waals surface area contributed by atoms with Crippen LogP contribution in [-0.2, 0) is 0 Å². The summed E-state index contributed by atoms with van der Waals surface area (Å²) in [6, 6.07) is 18.6. The molecule has 0 radical (unpaired) electrons. The molecular weight excluding hydrogens is 307 g/mol. The minimum Gasteiger partial charge on any atom is -0.289 e. The molecule has 0 fully saturated rings. The second kappa shape index (κ2) is 5.60. The fraction of sp³-hybridized carbons (Fsp3) is 0.0500. The zero-order valence-corrected chi connectivity index (χ0v) is 13.0. The number of fused-ring (bicyclic) bond motifs is 1. The topological polar surface area (TPSA) is 17.1 Å². The molecule has 4 rings (SSSR count). The van der Waals surface area contributed by atoms with Gasteiger partial charge in [0.15, 0.2) is 5.78 Å². The van der Waals surface area contributed by atoms with E-state index in [0.29, 0.717) is 5.57 Å². The number of hydrogen-bond acceptors (Lipinski definition) is 2. The number of thiophene rings is 1. The summed E-state index contributed by atoms with van der Waals surface area (Å²) in [5.74, 6) is -0.861. The Balaban J connectivity index is 1.95. The summed E-state index contributed by atoms with van der Waals surface area (Å²) < 4.78 is 14.2. The Hall–Kier alpha value is -2.52. The van der Waals surface area contributed by atoms with Gasteiger partial charge in [-0.25, -0.2) is 4.39 Å². The number of Topliss-reactive ketones (excluding diaryl/α,β-unsaturated/α-hetero) is 1. The summed E-state index contributed by atoms with van der Waals surface area (Å²) in [5, 5.41) is 1.97. The molecule has 0 amide bonds. The van der Waals surface area contributed by atoms with E-state index < -0.39 is 5.82 Å². The number of benzene rings is 2. The first-order valence-electron chi connectivity index (χ1n) is 7.39. The highest BCUT2D eigenvalue weighted by Gasteiger charge is 2.37. The molecule has 3 heteroatoms. The molecule has 0 saturated heterocycles. The highest BCUT2D eigenvalue weighted by molar-refractivity contribution is 7.10. The molecule has 0 aliphatic heterocycles. The van der Waals surface area contributed by atoms with Gasteiger partial charge in [0.05, 0.1) is 5.56 Å². The predicted octanol–water partition coefficient (Wildman–Crippen LogP) is 5.30. The van der Waals surface area contributed by atoms with E-state index in [-0.39, 0.29) is 17.3 Å². The first-order valence-corrected chi connectivity index (χ1v) is 8.27. The Kier molecular flexibility index (Phi) is 3.43. The number of carbonyl (C=O) groups excluding carboxylic acids is 1. The molecule has 0 saturated carbocycles. The van der Waals surface area contributed by atoms with Crippen LogP contribution in [0.15, 0.2) is 71.6 Å². The molecule has 1 aliphatic rings. The van der Waals surface area contributed by atoms with Gasteiger partial charge in [0.25, 0.3) is 0 Å². The van der Waals surface area contributed by atoms with Crippen molar-refractivity contribution in [1.29, 1.82) is 0 Å². The van der Waals surface area contributed by atoms with Gasteiger partial charge in [0, 0.05) is 16.4 Å². The summed E-state index contributed by atoms with van der Waals surface area (Å²) in [4.78, 5) is 13.8. The second-order valence-corrected chi connectivity index (χ2v) is 6.47. The van der Waals surface area contributed by atoms with Crippen molar-refractivity contribution in [3.05, 3.63) is 99.0 Å². The Bertz CT molecular complexity index is 895. The predicted molar refractivity (Wildman–Crippen MR) is 91.3 cm³/mol. The third-order valence-electron chi connectivity index (χ3n) is 4.13. The summed E-state index contributed by atoms with van der Waals surface area (Å²) >= 11 is 1.57. The zero-order valence-electron chi connectivity index (χ0n) is 12.2. The lowest BCUT2D eigenvalue weighted by molar-refractivity contribution is 0.103. The lowest BCUT2D eigenvalue weighted by Gasteiger charge is -2.13. The molecular formula is C20H13FOS. The molecule has 1 aromatic heterocycles. The van der Waals surface area contributed by atoms with E-state index in [1.807, 2.05) is 60.0 Å². The van der Waals surface area contributed by atoms with Crippen molar-refractivity contribution >= 4 is 23.2 Å². The maximum absolute atomic E-state index is 14.2. The molecule has 0 bridgehead atoms. The van der Waals surface area contributed by atoms with E-state index in [0.717, 1.165) is 16.0 Å². The second-order valence-electron chi connectivity index (χ2n) is 5.49. The van der Waals surface area contributed by atoms with Gasteiger partial charge in [0.2, 0.25) is 0 Å². The van der Waals surface area contributed by atoms with Crippen molar-refractivity contribution in [2.24, 2.45) is 0 Å². The molecule has 23 heavy (non-hydrogen) atoms. The van der Waals surface area contributed by atoms with E-state index in [2.05, 4.69) is 0 Å². The van der Waals surface area contributed by atoms with Gasteiger partial charge in [-0.15, -0.1) is 11.3 Å². The molecule has 3 aromatic rings. The van der Waals surface area contributed by atoms with Crippen LogP contribution in [0.1, 0.15) is 32.3 Å². The first kappa shape index (κ1) is 14.1. The van der Waals surface area contributed by atoms with Crippen LogP contribution in [0, 0.1) is 5.82 Å². The monoisotopic (exact) mass is 320 g/mol. The zero-order chi connectivity index (χ0) is 15.8. The fourth-order valence-electron chi connectivity index (χ4n) is 3.14. The van der Waals surface area contributed by atoms with Gasteiger partial charge >= 0.3 is 0 Å². The number of carbonyl (C=O) groups is 1. The number of rotatable bonds is 2. The number of hydrogen-bond donors (Lipinski definition) is 0. The summed E-state index contributed by atoms with van der Waals surface area (Å²) in [7, 11) is 0. The maximum Gasteiger partial charge on any atom is 0.193 e. The first-order chi connectivity index (χ1) is 11.3. The minimum atomic E-state index is -0.442. The van der Waals surface area contributed by atoms with Crippen molar-refractivity contribution < 1.29 is 9.18 Å². The molecule has 2 aromatic carbocycles. The Morgan fingerprint density at radius 1 is 0.957 bits per heavy atom. The van der Waals surface area contributed by atoms with Gasteiger partial charge in [-0.05, 0) is 34.7 Å². The highest BCUT2D eigenvalue weighted by Crippen LogP contribution is 2.43. The number of halogens is 1. The molecule has 0 N–H and O–H groups in total. The highest BCUT2D eigenvalue weighted by atomic mass is 32.1. The smallest absolute Gasteiger partial charge is 0.193 e. The summed E-state index contributed by atoms with van der Waals surface area (Å²) in [6.07, 6.45) is 1.89. The summed E-state index contributed by atoms with van der Waals surface area (Å²) in [6.45, 7) is 0. The van der Waals surface area contributed by atoms with Gasteiger partial charge in [-0.2, -0.15) is 0 Å². The largest absolute Gasteiger partial charge is 0.289 e. The van der Waals surface area contributed by atoms with Crippen molar-refractivity contribution in [3.8, 4) is 0 Å². The average molecular weight is 320 g/mol. The van der Waals surface area contributed by atoms with E-state index in [1.165, 1.54) is 6.07 Å². The van der Waals surface area contributed by atoms with Crippen LogP contribution in [0.2, 0.25) is 0 Å². The van der Waals surface area contributed by atoms with Gasteiger partial charge in [0.1, 0.15) is 5.82 Å². The average Bonchev–Trinajstić information content (AvgIpc) is 3.17. The fourth-order valence-corrected chi connectivity index (χ4v) is 3.81. The molecule has 1 aliphatic carbocycles. The lowest BCUT2D eigenvalue weighted by atomic mass is 9.89. The van der Waals surface area contributed by atoms with E-state index >= 15 is 0 Å². The number of allylic oxidation sites excluding steroid dienone is 1. The van der Waals surface area contributed by atoms with Crippen molar-refractivity contribution in [1.82, 2.24) is 0 Å². The third kappa shape index (κ3) is 2.34. The van der Waals surface area contributed by atoms with Crippen LogP contribution in [0.4, 0.5) is 4.39 Å². The van der Waals surface area contributed by atoms with Crippen LogP contribution < -0.4 is 0 Å². The van der Waals surface area contributed by atoms with Crippen molar-refractivity contribution in [2.45, 2.75) is 5.92 Å². The van der Waals surface area contributed by atoms with Crippen LogP contribution in [0.3, 0.4) is 0 Å². The standard InChI is InChI=1S/C20H13FOS/c21-17-10-4-9-15-18(13-6-2-1-3-7-13)16(20(22)19(15)17)12-14-8-5-11-23-14/h1-12,18H/b16-12-/t18-/m1/s1. The normalized spacial score (nSPS) is 18.4. The Labute approximate surface area is 137 Å². The molecule has 1 heterocycles. The Morgan fingerprint density at radius 3 is 2.52 bits per heavy atom. The van der Waals surface area contributed by atoms with E-state index in [1.54, 1.807) is 17.4 Å². The maximum atomic E-state index is 14.2. The lowest BCUT2D eigenvalue weighted by Crippen LogP contribution is -2.02. The molecule has 1 atom stereocenters. The van der Waals surface area contributed by atoms with Gasteiger partial charge in [-0.3, -0.25) is 4.79 Å². The Morgan fingerprint density at radius 2 is 1.78 bits per heavy atom. The van der Waals surface area contributed by atoms with Crippen LogP contribution in [-0.4, -0.2) is 5.78 Å². The molecule has 0 spiro atoms. The summed E-state index contributed by atoms with van der Waals surface area (Å²) in [5.41, 5.74) is 2.61. The van der Waals surface area contributed by atoms with Crippen molar-refractivity contribution in [3.63, 3.8) is 0 Å². The van der Waals surface area contributed by atoms with Crippen LogP contribution >= 0.6 is 11.3 Å². The molecule has 1 nitrogen and oxygen atoms in total. The van der Waals surface area contributed by atoms with Gasteiger partial charge in [-0.1, -0.05) is 48.5 Å².